The van der Waals surface area contributed by atoms with Crippen LogP contribution in [0.2, 0.25) is 0 Å². The molecular weight excluding hydrogens is 458 g/mol. The summed E-state index contributed by atoms with van der Waals surface area (Å²) >= 11 is 0. The summed E-state index contributed by atoms with van der Waals surface area (Å²) in [5.41, 5.74) is 3.84. The fraction of sp³-hybridized carbons (Fsp3) is 0.464. The molecular formula is C28H37N3O3S. The van der Waals surface area contributed by atoms with Crippen LogP contribution in [0.15, 0.2) is 54.6 Å². The van der Waals surface area contributed by atoms with Crippen molar-refractivity contribution in [3.05, 3.63) is 65.9 Å². The van der Waals surface area contributed by atoms with Crippen molar-refractivity contribution >= 4 is 26.6 Å². The van der Waals surface area contributed by atoms with E-state index in [1.807, 2.05) is 56.3 Å². The molecule has 3 aromatic rings. The molecule has 1 fully saturated rings. The van der Waals surface area contributed by atoms with Crippen LogP contribution in [-0.4, -0.2) is 49.8 Å². The first kappa shape index (κ1) is 25.5. The van der Waals surface area contributed by atoms with Gasteiger partial charge < -0.3 is 4.74 Å². The molecule has 1 aromatic heterocycles. The molecule has 1 saturated heterocycles. The second-order valence-electron chi connectivity index (χ2n) is 9.68. The molecule has 1 atom stereocenters. The van der Waals surface area contributed by atoms with Crippen molar-refractivity contribution in [2.24, 2.45) is 5.92 Å². The van der Waals surface area contributed by atoms with Crippen LogP contribution in [0.3, 0.4) is 0 Å². The summed E-state index contributed by atoms with van der Waals surface area (Å²) in [6, 6.07) is 18.0. The Labute approximate surface area is 209 Å². The Morgan fingerprint density at radius 2 is 1.89 bits per heavy atom. The quantitative estimate of drug-likeness (QED) is 0.407. The lowest BCUT2D eigenvalue weighted by Gasteiger charge is -2.32. The van der Waals surface area contributed by atoms with Crippen molar-refractivity contribution < 1.29 is 13.2 Å². The van der Waals surface area contributed by atoms with Crippen molar-refractivity contribution in [1.82, 2.24) is 9.88 Å². The van der Waals surface area contributed by atoms with E-state index >= 15 is 0 Å². The molecule has 4 rings (SSSR count). The molecule has 0 aliphatic carbocycles. The lowest BCUT2D eigenvalue weighted by molar-refractivity contribution is 0.155. The molecule has 35 heavy (non-hydrogen) atoms. The molecule has 0 spiro atoms. The number of rotatable bonds is 10. The second kappa shape index (κ2) is 11.4. The van der Waals surface area contributed by atoms with Crippen LogP contribution in [0, 0.1) is 12.8 Å². The Morgan fingerprint density at radius 1 is 1.11 bits per heavy atom. The van der Waals surface area contributed by atoms with Crippen LogP contribution < -0.4 is 9.46 Å². The molecule has 1 aliphatic heterocycles. The molecule has 1 aliphatic rings. The summed E-state index contributed by atoms with van der Waals surface area (Å²) in [4.78, 5) is 7.06. The van der Waals surface area contributed by atoms with Crippen LogP contribution >= 0.6 is 0 Å². The molecule has 1 unspecified atom stereocenters. The van der Waals surface area contributed by atoms with Crippen molar-refractivity contribution in [3.63, 3.8) is 0 Å². The van der Waals surface area contributed by atoms with Crippen LogP contribution in [0.1, 0.15) is 44.4 Å². The minimum atomic E-state index is -3.34. The number of pyridine rings is 1. The summed E-state index contributed by atoms with van der Waals surface area (Å²) in [6.45, 7) is 9.33. The van der Waals surface area contributed by atoms with Gasteiger partial charge in [0.2, 0.25) is 10.0 Å². The zero-order chi connectivity index (χ0) is 24.8. The molecule has 2 heterocycles. The molecule has 0 radical (unpaired) electrons. The van der Waals surface area contributed by atoms with E-state index in [4.69, 9.17) is 4.74 Å². The minimum absolute atomic E-state index is 0.402. The summed E-state index contributed by atoms with van der Waals surface area (Å²) in [7, 11) is -3.34. The number of aryl methyl sites for hydroxylation is 1. The van der Waals surface area contributed by atoms with Gasteiger partial charge in [0.15, 0.2) is 0 Å². The Bertz CT molecular complexity index is 1240. The number of nitrogens with zero attached hydrogens (tertiary/aromatic N) is 2. The van der Waals surface area contributed by atoms with E-state index < -0.39 is 15.3 Å². The van der Waals surface area contributed by atoms with Gasteiger partial charge in [0.1, 0.15) is 12.4 Å². The number of nitrogens with one attached hydrogen (secondary N) is 1. The molecule has 188 valence electrons. The molecule has 0 bridgehead atoms. The third-order valence-corrected chi connectivity index (χ3v) is 8.93. The number of likely N-dealkylation sites (tertiary alicyclic amines) is 1. The van der Waals surface area contributed by atoms with E-state index in [2.05, 4.69) is 26.7 Å². The first-order valence-corrected chi connectivity index (χ1v) is 14.2. The fourth-order valence-corrected chi connectivity index (χ4v) is 5.73. The predicted molar refractivity (Wildman–Crippen MR) is 144 cm³/mol. The Hall–Kier alpha value is -2.64. The summed E-state index contributed by atoms with van der Waals surface area (Å²) in [5, 5.41) is 0.659. The van der Waals surface area contributed by atoms with Gasteiger partial charge in [-0.05, 0) is 100 Å². The third-order valence-electron chi connectivity index (χ3n) is 7.02. The third kappa shape index (κ3) is 6.73. The monoisotopic (exact) mass is 495 g/mol. The minimum Gasteiger partial charge on any atom is -0.492 e. The van der Waals surface area contributed by atoms with Gasteiger partial charge in [-0.25, -0.2) is 8.42 Å². The van der Waals surface area contributed by atoms with E-state index in [-0.39, 0.29) is 0 Å². The molecule has 7 heteroatoms. The fourth-order valence-electron chi connectivity index (χ4n) is 4.63. The highest BCUT2D eigenvalue weighted by atomic mass is 32.2. The molecule has 0 saturated carbocycles. The predicted octanol–water partition coefficient (Wildman–Crippen LogP) is 5.42. The van der Waals surface area contributed by atoms with E-state index in [9.17, 15) is 8.42 Å². The van der Waals surface area contributed by atoms with Crippen molar-refractivity contribution in [2.75, 3.05) is 31.0 Å². The number of sulfonamides is 1. The van der Waals surface area contributed by atoms with Crippen LogP contribution in [0.25, 0.3) is 10.9 Å². The van der Waals surface area contributed by atoms with Crippen LogP contribution in [0.4, 0.5) is 5.69 Å². The maximum absolute atomic E-state index is 12.4. The molecule has 6 nitrogen and oxygen atoms in total. The van der Waals surface area contributed by atoms with E-state index in [1.54, 1.807) is 6.92 Å². The van der Waals surface area contributed by atoms with E-state index in [1.165, 1.54) is 5.56 Å². The highest BCUT2D eigenvalue weighted by Crippen LogP contribution is 2.26. The molecule has 2 aromatic carbocycles. The van der Waals surface area contributed by atoms with Gasteiger partial charge in [0, 0.05) is 23.3 Å². The highest BCUT2D eigenvalue weighted by Gasteiger charge is 2.21. The molecule has 1 N–H and O–H groups in total. The number of fused-ring (bicyclic) bond motifs is 1. The average Bonchev–Trinajstić information content (AvgIpc) is 2.84. The smallest absolute Gasteiger partial charge is 0.235 e. The number of hydrogen-bond donors (Lipinski definition) is 1. The van der Waals surface area contributed by atoms with Crippen molar-refractivity contribution in [1.29, 1.82) is 0 Å². The zero-order valence-electron chi connectivity index (χ0n) is 21.0. The lowest BCUT2D eigenvalue weighted by atomic mass is 9.90. The van der Waals surface area contributed by atoms with Gasteiger partial charge in [-0.1, -0.05) is 25.1 Å². The molecule has 0 amide bonds. The second-order valence-corrected chi connectivity index (χ2v) is 11.8. The van der Waals surface area contributed by atoms with E-state index in [0.717, 1.165) is 61.2 Å². The highest BCUT2D eigenvalue weighted by molar-refractivity contribution is 7.93. The van der Waals surface area contributed by atoms with E-state index in [0.29, 0.717) is 24.6 Å². The summed E-state index contributed by atoms with van der Waals surface area (Å²) in [6.07, 6.45) is 3.85. The van der Waals surface area contributed by atoms with Gasteiger partial charge in [-0.3, -0.25) is 14.6 Å². The lowest BCUT2D eigenvalue weighted by Crippen LogP contribution is -2.37. The van der Waals surface area contributed by atoms with Gasteiger partial charge >= 0.3 is 0 Å². The van der Waals surface area contributed by atoms with Crippen LogP contribution in [-0.2, 0) is 16.4 Å². The topological polar surface area (TPSA) is 71.5 Å². The normalized spacial score (nSPS) is 16.3. The maximum Gasteiger partial charge on any atom is 0.235 e. The number of ether oxygens (including phenoxy) is 1. The largest absolute Gasteiger partial charge is 0.492 e. The Balaban J connectivity index is 1.24. The Morgan fingerprint density at radius 3 is 2.66 bits per heavy atom. The number of piperidine rings is 1. The first-order valence-electron chi connectivity index (χ1n) is 12.7. The number of aromatic nitrogens is 1. The number of benzene rings is 2. The zero-order valence-corrected chi connectivity index (χ0v) is 21.9. The van der Waals surface area contributed by atoms with Gasteiger partial charge in [-0.2, -0.15) is 0 Å². The van der Waals surface area contributed by atoms with Crippen molar-refractivity contribution in [2.45, 2.75) is 51.7 Å². The maximum atomic E-state index is 12.4. The number of anilines is 1. The first-order chi connectivity index (χ1) is 16.8. The van der Waals surface area contributed by atoms with Crippen molar-refractivity contribution in [3.8, 4) is 5.75 Å². The average molecular weight is 496 g/mol. The summed E-state index contributed by atoms with van der Waals surface area (Å²) < 4.78 is 33.7. The van der Waals surface area contributed by atoms with Gasteiger partial charge in [0.05, 0.1) is 10.8 Å². The SMILES string of the molecule is CCC(C)S(=O)(=O)Nc1cccc(CC2CCN(CCOc3cccc4nc(C)ccc34)CC2)c1. The van der Waals surface area contributed by atoms with Gasteiger partial charge in [0.25, 0.3) is 0 Å². The summed E-state index contributed by atoms with van der Waals surface area (Å²) in [5.74, 6) is 1.51. The number of hydrogen-bond acceptors (Lipinski definition) is 5. The Kier molecular flexibility index (Phi) is 8.29. The standard InChI is InChI=1S/C28H37N3O3S/c1-4-22(3)35(32,33)30-25-8-5-7-24(20-25)19-23-13-15-31(16-14-23)17-18-34-28-10-6-9-27-26(28)12-11-21(2)29-27/h5-12,20,22-23,30H,4,13-19H2,1-3H3. The van der Waals surface area contributed by atoms with Gasteiger partial charge in [-0.15, -0.1) is 0 Å². The van der Waals surface area contributed by atoms with Crippen LogP contribution in [0.5, 0.6) is 5.75 Å².